The number of amides is 1. The minimum atomic E-state index is -0.161. The van der Waals surface area contributed by atoms with Crippen molar-refractivity contribution in [2.75, 3.05) is 6.54 Å². The summed E-state index contributed by atoms with van der Waals surface area (Å²) < 4.78 is 7.71. The second-order valence-electron chi connectivity index (χ2n) is 6.66. The van der Waals surface area contributed by atoms with Crippen molar-refractivity contribution in [3.8, 4) is 11.6 Å². The Morgan fingerprint density at radius 2 is 2.26 bits per heavy atom. The van der Waals surface area contributed by atoms with Gasteiger partial charge in [0.15, 0.2) is 5.75 Å². The van der Waals surface area contributed by atoms with Crippen LogP contribution >= 0.6 is 11.6 Å². The summed E-state index contributed by atoms with van der Waals surface area (Å²) in [5.41, 5.74) is 3.40. The summed E-state index contributed by atoms with van der Waals surface area (Å²) in [5, 5.41) is 3.36. The number of hydrogen-bond donors (Lipinski definition) is 1. The first-order valence-corrected chi connectivity index (χ1v) is 9.11. The molecule has 1 aromatic carbocycles. The standard InChI is InChI=1S/C20H19ClN4O2/c1-12-9-24-20(26)16-8-15(13(2)18(21)19(16)27-12)7-14-3-4-17(23-10-14)25-6-5-22-11-25/h3-6,8,10-12H,7,9H2,1-2H3,(H,24,26)/t12-/m0/s1. The van der Waals surface area contributed by atoms with Gasteiger partial charge < -0.3 is 10.1 Å². The van der Waals surface area contributed by atoms with Crippen LogP contribution in [0.4, 0.5) is 0 Å². The van der Waals surface area contributed by atoms with E-state index in [1.165, 1.54) is 0 Å². The number of imidazole rings is 1. The molecule has 1 aliphatic rings. The number of pyridine rings is 1. The molecule has 3 heterocycles. The molecule has 3 aromatic rings. The van der Waals surface area contributed by atoms with Crippen molar-refractivity contribution in [3.05, 3.63) is 70.4 Å². The topological polar surface area (TPSA) is 69.0 Å². The number of carbonyl (C=O) groups is 1. The second-order valence-corrected chi connectivity index (χ2v) is 7.04. The molecule has 0 aliphatic carbocycles. The number of aromatic nitrogens is 3. The van der Waals surface area contributed by atoms with E-state index in [2.05, 4.69) is 15.3 Å². The Balaban J connectivity index is 1.66. The number of nitrogens with one attached hydrogen (secondary N) is 1. The highest BCUT2D eigenvalue weighted by atomic mass is 35.5. The average Bonchev–Trinajstić information content (AvgIpc) is 3.16. The molecule has 1 amide bonds. The van der Waals surface area contributed by atoms with Crippen LogP contribution in [0, 0.1) is 6.92 Å². The lowest BCUT2D eigenvalue weighted by molar-refractivity contribution is 0.0952. The fraction of sp³-hybridized carbons (Fsp3) is 0.250. The van der Waals surface area contributed by atoms with Gasteiger partial charge in [0.1, 0.15) is 18.2 Å². The molecule has 0 fully saturated rings. The predicted molar refractivity (Wildman–Crippen MR) is 103 cm³/mol. The zero-order chi connectivity index (χ0) is 19.0. The SMILES string of the molecule is Cc1c(Cc2ccc(-n3ccnc3)nc2)cc2c(c1Cl)O[C@@H](C)CNC2=O. The molecular weight excluding hydrogens is 364 g/mol. The number of benzene rings is 1. The highest BCUT2D eigenvalue weighted by molar-refractivity contribution is 6.33. The van der Waals surface area contributed by atoms with Gasteiger partial charge in [0.25, 0.3) is 5.91 Å². The molecule has 2 aromatic heterocycles. The van der Waals surface area contributed by atoms with Crippen LogP contribution in [-0.2, 0) is 6.42 Å². The van der Waals surface area contributed by atoms with E-state index in [1.54, 1.807) is 12.5 Å². The van der Waals surface area contributed by atoms with E-state index < -0.39 is 0 Å². The van der Waals surface area contributed by atoms with E-state index >= 15 is 0 Å². The van der Waals surface area contributed by atoms with Crippen molar-refractivity contribution in [1.29, 1.82) is 0 Å². The highest BCUT2D eigenvalue weighted by Gasteiger charge is 2.25. The predicted octanol–water partition coefficient (Wildman–Crippen LogP) is 3.33. The van der Waals surface area contributed by atoms with Gasteiger partial charge in [-0.15, -0.1) is 0 Å². The molecule has 0 bridgehead atoms. The minimum absolute atomic E-state index is 0.127. The molecule has 4 rings (SSSR count). The minimum Gasteiger partial charge on any atom is -0.486 e. The molecule has 7 heteroatoms. The number of hydrogen-bond acceptors (Lipinski definition) is 4. The third kappa shape index (κ3) is 3.40. The van der Waals surface area contributed by atoms with Crippen molar-refractivity contribution in [2.24, 2.45) is 0 Å². The molecule has 27 heavy (non-hydrogen) atoms. The lowest BCUT2D eigenvalue weighted by Crippen LogP contribution is -2.29. The van der Waals surface area contributed by atoms with Crippen molar-refractivity contribution in [2.45, 2.75) is 26.4 Å². The van der Waals surface area contributed by atoms with Gasteiger partial charge in [-0.1, -0.05) is 17.7 Å². The van der Waals surface area contributed by atoms with Gasteiger partial charge >= 0.3 is 0 Å². The summed E-state index contributed by atoms with van der Waals surface area (Å²) in [6, 6.07) is 5.82. The van der Waals surface area contributed by atoms with E-state index in [0.29, 0.717) is 29.3 Å². The zero-order valence-corrected chi connectivity index (χ0v) is 15.8. The maximum atomic E-state index is 12.4. The Bertz CT molecular complexity index is 984. The van der Waals surface area contributed by atoms with Crippen LogP contribution in [0.1, 0.15) is 34.0 Å². The van der Waals surface area contributed by atoms with Crippen LogP contribution in [0.2, 0.25) is 5.02 Å². The summed E-state index contributed by atoms with van der Waals surface area (Å²) in [4.78, 5) is 20.9. The van der Waals surface area contributed by atoms with Crippen LogP contribution < -0.4 is 10.1 Å². The molecule has 0 saturated heterocycles. The van der Waals surface area contributed by atoms with Gasteiger partial charge in [0.05, 0.1) is 17.1 Å². The quantitative estimate of drug-likeness (QED) is 0.754. The molecular formula is C20H19ClN4O2. The Kier molecular flexibility index (Phi) is 4.58. The van der Waals surface area contributed by atoms with E-state index in [0.717, 1.165) is 22.5 Å². The van der Waals surface area contributed by atoms with Crippen LogP contribution in [0.15, 0.2) is 43.1 Å². The highest BCUT2D eigenvalue weighted by Crippen LogP contribution is 2.36. The summed E-state index contributed by atoms with van der Waals surface area (Å²) >= 11 is 6.55. The first kappa shape index (κ1) is 17.5. The third-order valence-corrected chi connectivity index (χ3v) is 5.11. The van der Waals surface area contributed by atoms with E-state index in [1.807, 2.05) is 49.0 Å². The molecule has 6 nitrogen and oxygen atoms in total. The van der Waals surface area contributed by atoms with Crippen LogP contribution in [0.3, 0.4) is 0 Å². The van der Waals surface area contributed by atoms with Crippen LogP contribution in [0.25, 0.3) is 5.82 Å². The van der Waals surface area contributed by atoms with E-state index in [4.69, 9.17) is 16.3 Å². The van der Waals surface area contributed by atoms with Crippen molar-refractivity contribution < 1.29 is 9.53 Å². The van der Waals surface area contributed by atoms with Gasteiger partial charge in [0, 0.05) is 18.6 Å². The first-order chi connectivity index (χ1) is 13.0. The van der Waals surface area contributed by atoms with Gasteiger partial charge in [-0.05, 0) is 49.1 Å². The van der Waals surface area contributed by atoms with Crippen LogP contribution in [-0.4, -0.2) is 33.1 Å². The number of halogens is 1. The van der Waals surface area contributed by atoms with E-state index in [9.17, 15) is 4.79 Å². The summed E-state index contributed by atoms with van der Waals surface area (Å²) in [7, 11) is 0. The Hall–Kier alpha value is -2.86. The third-order valence-electron chi connectivity index (χ3n) is 4.66. The molecule has 0 spiro atoms. The Labute approximate surface area is 162 Å². The summed E-state index contributed by atoms with van der Waals surface area (Å²) in [6.07, 6.45) is 7.59. The van der Waals surface area contributed by atoms with Gasteiger partial charge in [0.2, 0.25) is 0 Å². The van der Waals surface area contributed by atoms with Crippen LogP contribution in [0.5, 0.6) is 5.75 Å². The summed E-state index contributed by atoms with van der Waals surface area (Å²) in [6.45, 7) is 4.31. The first-order valence-electron chi connectivity index (χ1n) is 8.73. The largest absolute Gasteiger partial charge is 0.486 e. The molecule has 0 saturated carbocycles. The Morgan fingerprint density at radius 1 is 1.41 bits per heavy atom. The van der Waals surface area contributed by atoms with Gasteiger partial charge in [-0.25, -0.2) is 9.97 Å². The maximum Gasteiger partial charge on any atom is 0.255 e. The molecule has 138 valence electrons. The molecule has 0 unspecified atom stereocenters. The Morgan fingerprint density at radius 3 is 2.96 bits per heavy atom. The van der Waals surface area contributed by atoms with Gasteiger partial charge in [-0.2, -0.15) is 0 Å². The molecule has 1 N–H and O–H groups in total. The number of rotatable bonds is 3. The number of carbonyl (C=O) groups excluding carboxylic acids is 1. The molecule has 1 aliphatic heterocycles. The number of nitrogens with zero attached hydrogens (tertiary/aromatic N) is 3. The normalized spacial score (nSPS) is 16.3. The zero-order valence-electron chi connectivity index (χ0n) is 15.1. The molecule has 1 atom stereocenters. The lowest BCUT2D eigenvalue weighted by Gasteiger charge is -2.17. The second kappa shape index (κ2) is 7.04. The fourth-order valence-electron chi connectivity index (χ4n) is 3.11. The fourth-order valence-corrected chi connectivity index (χ4v) is 3.38. The monoisotopic (exact) mass is 382 g/mol. The number of fused-ring (bicyclic) bond motifs is 1. The van der Waals surface area contributed by atoms with Crippen molar-refractivity contribution >= 4 is 17.5 Å². The van der Waals surface area contributed by atoms with E-state index in [-0.39, 0.29) is 12.0 Å². The smallest absolute Gasteiger partial charge is 0.255 e. The maximum absolute atomic E-state index is 12.4. The number of ether oxygens (including phenoxy) is 1. The van der Waals surface area contributed by atoms with Gasteiger partial charge in [-0.3, -0.25) is 9.36 Å². The van der Waals surface area contributed by atoms with Crippen molar-refractivity contribution in [1.82, 2.24) is 19.9 Å². The average molecular weight is 383 g/mol. The summed E-state index contributed by atoms with van der Waals surface area (Å²) in [5.74, 6) is 1.11. The van der Waals surface area contributed by atoms with Crippen molar-refractivity contribution in [3.63, 3.8) is 0 Å². The lowest BCUT2D eigenvalue weighted by atomic mass is 9.97. The molecule has 0 radical (unpaired) electrons.